The van der Waals surface area contributed by atoms with Gasteiger partial charge < -0.3 is 163 Å². The summed E-state index contributed by atoms with van der Waals surface area (Å²) in [5.41, 5.74) is -1.63. The first-order chi connectivity index (χ1) is 48.8. The highest BCUT2D eigenvalue weighted by Crippen LogP contribution is 2.76. The van der Waals surface area contributed by atoms with Crippen molar-refractivity contribution in [1.29, 1.82) is 0 Å². The Labute approximate surface area is 602 Å². The first-order valence-electron chi connectivity index (χ1n) is 36.9. The minimum absolute atomic E-state index is 0.0702. The second-order valence-electron chi connectivity index (χ2n) is 33.8. The molecule has 0 unspecified atom stereocenters. The lowest BCUT2D eigenvalue weighted by Crippen LogP contribution is -2.66. The smallest absolute Gasteiger partial charge is 0.315 e. The third-order valence-electron chi connectivity index (χ3n) is 26.9. The van der Waals surface area contributed by atoms with Crippen molar-refractivity contribution >= 4 is 5.97 Å². The van der Waals surface area contributed by atoms with Gasteiger partial charge in [-0.2, -0.15) is 0 Å². The van der Waals surface area contributed by atoms with E-state index in [1.165, 1.54) is 19.4 Å². The Hall–Kier alpha value is -2.07. The third-order valence-corrected chi connectivity index (χ3v) is 26.9. The predicted octanol–water partition coefficient (Wildman–Crippen LogP) is -5.23. The second kappa shape index (κ2) is 30.8. The Morgan fingerprint density at radius 1 is 0.462 bits per heavy atom. The fourth-order valence-corrected chi connectivity index (χ4v) is 20.2. The summed E-state index contributed by atoms with van der Waals surface area (Å²) < 4.78 is 83.2. The third kappa shape index (κ3) is 14.3. The largest absolute Gasteiger partial charge is 0.432 e. The van der Waals surface area contributed by atoms with Crippen molar-refractivity contribution in [1.82, 2.24) is 0 Å². The zero-order chi connectivity index (χ0) is 75.7. The fourth-order valence-electron chi connectivity index (χ4n) is 20.2. The minimum atomic E-state index is -1.92. The van der Waals surface area contributed by atoms with Gasteiger partial charge in [-0.25, -0.2) is 0 Å². The van der Waals surface area contributed by atoms with Crippen LogP contribution in [0.15, 0.2) is 11.6 Å². The van der Waals surface area contributed by atoms with Gasteiger partial charge in [-0.05, 0) is 123 Å². The molecule has 12 rings (SSSR count). The number of rotatable bonds is 17. The van der Waals surface area contributed by atoms with Gasteiger partial charge in [0.15, 0.2) is 37.7 Å². The summed E-state index contributed by atoms with van der Waals surface area (Å²) in [6, 6.07) is 0. The molecule has 11 fully saturated rings. The Morgan fingerprint density at radius 3 is 1.68 bits per heavy atom. The predicted molar refractivity (Wildman–Crippen MR) is 346 cm³/mol. The summed E-state index contributed by atoms with van der Waals surface area (Å²) in [7, 11) is 0. The van der Waals surface area contributed by atoms with Crippen LogP contribution in [-0.2, 0) is 71.1 Å². The Bertz CT molecular complexity index is 2950. The van der Waals surface area contributed by atoms with Crippen LogP contribution in [0.2, 0.25) is 0 Å². The summed E-state index contributed by atoms with van der Waals surface area (Å²) in [6.45, 7) is 15.6. The molecule has 0 spiro atoms. The van der Waals surface area contributed by atoms with Crippen LogP contribution in [0.1, 0.15) is 127 Å². The number of carbonyl (C=O) groups is 1. The highest BCUT2D eigenvalue weighted by atomic mass is 16.8. The number of aliphatic hydroxyl groups excluding tert-OH is 19. The molecule has 34 heteroatoms. The minimum Gasteiger partial charge on any atom is -0.432 e. The van der Waals surface area contributed by atoms with E-state index in [1.54, 1.807) is 0 Å². The van der Waals surface area contributed by atoms with Crippen molar-refractivity contribution in [3.8, 4) is 0 Å². The number of aliphatic hydroxyl groups is 19. The molecular formula is C70H114O34. The average molecular weight is 1500 g/mol. The zero-order valence-electron chi connectivity index (χ0n) is 60.2. The summed E-state index contributed by atoms with van der Waals surface area (Å²) >= 11 is 0. The van der Waals surface area contributed by atoms with Crippen molar-refractivity contribution in [2.75, 3.05) is 33.0 Å². The molecule has 0 bridgehead atoms. The van der Waals surface area contributed by atoms with Gasteiger partial charge in [-0.1, -0.05) is 60.1 Å². The molecule has 7 saturated heterocycles. The molecule has 598 valence electrons. The van der Waals surface area contributed by atoms with Gasteiger partial charge in [0.2, 0.25) is 6.29 Å². The molecule has 104 heavy (non-hydrogen) atoms. The highest BCUT2D eigenvalue weighted by molar-refractivity contribution is 5.79. The summed E-state index contributed by atoms with van der Waals surface area (Å²) in [4.78, 5) is 15.4. The van der Waals surface area contributed by atoms with Crippen LogP contribution in [0.5, 0.6) is 0 Å². The maximum atomic E-state index is 15.4. The van der Waals surface area contributed by atoms with Crippen LogP contribution in [0.25, 0.3) is 0 Å². The van der Waals surface area contributed by atoms with E-state index in [-0.39, 0.29) is 40.6 Å². The summed E-state index contributed by atoms with van der Waals surface area (Å²) in [5.74, 6) is -0.720. The molecule has 4 saturated carbocycles. The van der Waals surface area contributed by atoms with E-state index in [1.807, 2.05) is 0 Å². The van der Waals surface area contributed by atoms with Gasteiger partial charge in [-0.3, -0.25) is 4.79 Å². The average Bonchev–Trinajstić information content (AvgIpc) is 0.675. The maximum absolute atomic E-state index is 15.4. The van der Waals surface area contributed by atoms with Gasteiger partial charge in [0, 0.05) is 0 Å². The van der Waals surface area contributed by atoms with E-state index in [0.29, 0.717) is 44.9 Å². The molecule has 0 radical (unpaired) electrons. The van der Waals surface area contributed by atoms with Crippen LogP contribution < -0.4 is 0 Å². The molecule has 5 aliphatic carbocycles. The molecule has 41 atom stereocenters. The van der Waals surface area contributed by atoms with Gasteiger partial charge in [0.05, 0.1) is 56.8 Å². The first-order valence-corrected chi connectivity index (χ1v) is 36.9. The standard InChI is InChI=1S/C70H114O34/c1-26-38(74)44(80)49(85)59(94-26)101-54-32(22-72)97-57(52(88)47(54)83)92-24-33-42(78)46(82)51(87)61(99-33)104-64(90)70-18-16-65(3,4)20-29(70)28-10-11-36-67(7)14-13-37(66(5,6)35(67)12-15-69(36,9)68(28,8)17-19-70)100-63-56(40(76)30(73)23-91-63)103-62-53(89)55(39(75)27(2)95-62)102-58-48(84)43(79)34(25-93-58)98-60-50(86)45(81)41(77)31(21-71)96-60/h10,26-27,29-63,71-89H,11-25H2,1-9H3/t26-,27-,29-,30-,31+,32+,33+,34+,35-,36+,37-,38-,39-,40-,41+,42+,43+,44+,45-,46-,47+,48+,49+,50+,51+,52+,53+,54+,55+,56+,57+,58-,59-,60-,61-,62-,63-,67-,68+,69+,70-/m0/s1. The SMILES string of the molecule is C[C@@H]1O[C@@H](O[C@H]2[C@H](O)[C@@H](O)[C@H](OC[C@H]3O[C@@H](OC(=O)[C@]45CCC(C)(C)C[C@H]4C4=CC[C@@H]6[C@@]7(C)CC[C@H](O[C@@H]8OC[C@H](O)[C@H](O)[C@H]8O[C@@H]8O[C@@H](C)[C@H](O)[C@@H](O[C@@H]9OC[C@@H](O[C@@H]%10O[C@H](CO)[C@@H](O)[C@H](O)[C@H]%10O)[C@@H](O)[C@H]9O)[C@H]8O)C(C)(C)[C@@H]7CC[C@@]6(C)[C@]4(C)CC5)[C@H](O)[C@@H](O)[C@@H]3O)O[C@@H]2CO)[C@H](O)[C@H](O)[C@H]1O. The number of allylic oxidation sites excluding steroid dienone is 2. The molecule has 19 N–H and O–H groups in total. The van der Waals surface area contributed by atoms with E-state index in [0.717, 1.165) is 19.3 Å². The molecule has 7 aliphatic heterocycles. The van der Waals surface area contributed by atoms with Crippen molar-refractivity contribution < 1.29 is 168 Å². The normalized spacial score (nSPS) is 54.7. The number of esters is 1. The van der Waals surface area contributed by atoms with Crippen molar-refractivity contribution in [3.63, 3.8) is 0 Å². The maximum Gasteiger partial charge on any atom is 0.315 e. The molecular weight excluding hydrogens is 1380 g/mol. The van der Waals surface area contributed by atoms with E-state index >= 15 is 4.79 Å². The summed E-state index contributed by atoms with van der Waals surface area (Å²) in [6.07, 6.45) is -45.9. The van der Waals surface area contributed by atoms with Crippen molar-refractivity contribution in [2.45, 2.75) is 335 Å². The quantitative estimate of drug-likeness (QED) is 0.0368. The van der Waals surface area contributed by atoms with Gasteiger partial charge in [-0.15, -0.1) is 0 Å². The van der Waals surface area contributed by atoms with E-state index in [2.05, 4.69) is 54.5 Å². The lowest BCUT2D eigenvalue weighted by molar-refractivity contribution is -0.382. The van der Waals surface area contributed by atoms with Gasteiger partial charge in [0.1, 0.15) is 146 Å². The molecule has 0 aromatic carbocycles. The van der Waals surface area contributed by atoms with Crippen molar-refractivity contribution in [3.05, 3.63) is 11.6 Å². The molecule has 0 aromatic rings. The number of carbonyl (C=O) groups excluding carboxylic acids is 1. The Balaban J connectivity index is 0.696. The van der Waals surface area contributed by atoms with E-state index in [9.17, 15) is 97.0 Å². The van der Waals surface area contributed by atoms with Gasteiger partial charge >= 0.3 is 5.97 Å². The molecule has 12 aliphatic rings. The lowest BCUT2D eigenvalue weighted by Gasteiger charge is -2.71. The number of hydrogen-bond acceptors (Lipinski definition) is 34. The van der Waals surface area contributed by atoms with Crippen LogP contribution >= 0.6 is 0 Å². The second-order valence-corrected chi connectivity index (χ2v) is 33.8. The fraction of sp³-hybridized carbons (Fsp3) is 0.957. The molecule has 7 heterocycles. The van der Waals surface area contributed by atoms with E-state index < -0.39 is 257 Å². The Morgan fingerprint density at radius 2 is 1.01 bits per heavy atom. The monoisotopic (exact) mass is 1500 g/mol. The zero-order valence-corrected chi connectivity index (χ0v) is 60.2. The van der Waals surface area contributed by atoms with Crippen LogP contribution in [-0.4, -0.2) is 345 Å². The number of fused-ring (bicyclic) bond motifs is 7. The number of hydrogen-bond donors (Lipinski definition) is 19. The van der Waals surface area contributed by atoms with E-state index in [4.69, 9.17) is 66.3 Å². The lowest BCUT2D eigenvalue weighted by atomic mass is 9.33. The summed E-state index contributed by atoms with van der Waals surface area (Å²) in [5, 5.41) is 207. The highest BCUT2D eigenvalue weighted by Gasteiger charge is 2.71. The van der Waals surface area contributed by atoms with Gasteiger partial charge in [0.25, 0.3) is 0 Å². The molecule has 34 nitrogen and oxygen atoms in total. The van der Waals surface area contributed by atoms with Crippen LogP contribution in [0, 0.1) is 50.2 Å². The van der Waals surface area contributed by atoms with Crippen molar-refractivity contribution in [2.24, 2.45) is 50.2 Å². The van der Waals surface area contributed by atoms with Crippen LogP contribution in [0.4, 0.5) is 0 Å². The molecule has 0 aromatic heterocycles. The van der Waals surface area contributed by atoms with Crippen LogP contribution in [0.3, 0.4) is 0 Å². The number of ether oxygens (including phenoxy) is 14. The topological polar surface area (TPSA) is 531 Å². The Kier molecular flexibility index (Phi) is 24.1. The molecule has 0 amide bonds. The first kappa shape index (κ1) is 81.4.